The third kappa shape index (κ3) is 5.63. The van der Waals surface area contributed by atoms with Gasteiger partial charge >= 0.3 is 0 Å². The number of rotatable bonds is 7. The lowest BCUT2D eigenvalue weighted by molar-refractivity contribution is 0.0208. The maximum Gasteiger partial charge on any atom is 0.231 e. The second-order valence-electron chi connectivity index (χ2n) is 9.13. The number of guanidine groups is 1. The summed E-state index contributed by atoms with van der Waals surface area (Å²) in [6.45, 7) is 9.83. The molecule has 3 heterocycles. The van der Waals surface area contributed by atoms with Crippen LogP contribution in [-0.4, -0.2) is 81.0 Å². The van der Waals surface area contributed by atoms with Crippen LogP contribution < -0.4 is 20.1 Å². The van der Waals surface area contributed by atoms with Gasteiger partial charge in [0.15, 0.2) is 17.5 Å². The topological polar surface area (TPSA) is 61.4 Å². The minimum Gasteiger partial charge on any atom is -0.454 e. The average Bonchev–Trinajstić information content (AvgIpc) is 3.27. The molecule has 0 aliphatic carbocycles. The van der Waals surface area contributed by atoms with Gasteiger partial charge in [0.1, 0.15) is 0 Å². The Kier molecular flexibility index (Phi) is 7.56. The van der Waals surface area contributed by atoms with E-state index < -0.39 is 0 Å². The minimum absolute atomic E-state index is 0.215. The Morgan fingerprint density at radius 1 is 1.03 bits per heavy atom. The van der Waals surface area contributed by atoms with E-state index in [1.165, 1.54) is 63.8 Å². The summed E-state index contributed by atoms with van der Waals surface area (Å²) in [6, 6.07) is 6.19. The summed E-state index contributed by atoms with van der Waals surface area (Å²) in [5.41, 5.74) is 1.46. The number of fused-ring (bicyclic) bond motifs is 1. The third-order valence-corrected chi connectivity index (χ3v) is 6.96. The molecule has 0 spiro atoms. The van der Waals surface area contributed by atoms with Gasteiger partial charge < -0.3 is 25.0 Å². The van der Waals surface area contributed by atoms with Crippen LogP contribution in [0.25, 0.3) is 0 Å². The number of ether oxygens (including phenoxy) is 2. The van der Waals surface area contributed by atoms with Crippen LogP contribution in [0.5, 0.6) is 11.5 Å². The van der Waals surface area contributed by atoms with Crippen molar-refractivity contribution >= 4 is 5.96 Å². The van der Waals surface area contributed by atoms with E-state index in [9.17, 15) is 0 Å². The molecule has 7 heteroatoms. The van der Waals surface area contributed by atoms with Crippen LogP contribution in [0.15, 0.2) is 23.2 Å². The maximum absolute atomic E-state index is 5.50. The highest BCUT2D eigenvalue weighted by Crippen LogP contribution is 2.33. The van der Waals surface area contributed by atoms with E-state index in [0.717, 1.165) is 43.5 Å². The molecule has 0 unspecified atom stereocenters. The van der Waals surface area contributed by atoms with E-state index in [1.807, 2.05) is 6.07 Å². The quantitative estimate of drug-likeness (QED) is 0.513. The first kappa shape index (κ1) is 22.2. The highest BCUT2D eigenvalue weighted by atomic mass is 16.7. The third-order valence-electron chi connectivity index (χ3n) is 6.96. The number of nitrogens with one attached hydrogen (secondary N) is 2. The second-order valence-corrected chi connectivity index (χ2v) is 9.13. The normalized spacial score (nSPS) is 21.8. The maximum atomic E-state index is 5.50. The summed E-state index contributed by atoms with van der Waals surface area (Å²) in [5, 5.41) is 6.99. The van der Waals surface area contributed by atoms with Gasteiger partial charge in [-0.15, -0.1) is 0 Å². The molecule has 7 nitrogen and oxygen atoms in total. The van der Waals surface area contributed by atoms with Gasteiger partial charge in [-0.05, 0) is 90.0 Å². The number of likely N-dealkylation sites (tertiary alicyclic amines) is 2. The van der Waals surface area contributed by atoms with E-state index in [-0.39, 0.29) is 5.54 Å². The van der Waals surface area contributed by atoms with Gasteiger partial charge in [0.25, 0.3) is 0 Å². The fourth-order valence-electron chi connectivity index (χ4n) is 4.97. The highest BCUT2D eigenvalue weighted by molar-refractivity contribution is 5.79. The summed E-state index contributed by atoms with van der Waals surface area (Å²) >= 11 is 0. The zero-order chi connectivity index (χ0) is 21.5. The molecule has 3 aliphatic rings. The first-order valence-corrected chi connectivity index (χ1v) is 12.0. The van der Waals surface area contributed by atoms with Crippen molar-refractivity contribution in [2.24, 2.45) is 4.99 Å². The first-order chi connectivity index (χ1) is 15.2. The summed E-state index contributed by atoms with van der Waals surface area (Å²) in [4.78, 5) is 10.3. The lowest BCUT2D eigenvalue weighted by Gasteiger charge is -2.49. The Morgan fingerprint density at radius 2 is 1.81 bits per heavy atom. The Hall–Kier alpha value is -1.99. The van der Waals surface area contributed by atoms with Crippen molar-refractivity contribution in [3.05, 3.63) is 23.8 Å². The van der Waals surface area contributed by atoms with Gasteiger partial charge in [0.2, 0.25) is 6.79 Å². The molecule has 1 aromatic rings. The van der Waals surface area contributed by atoms with Crippen LogP contribution in [0.1, 0.15) is 44.6 Å². The van der Waals surface area contributed by atoms with Gasteiger partial charge in [0.05, 0.1) is 6.54 Å². The van der Waals surface area contributed by atoms with Gasteiger partial charge in [-0.3, -0.25) is 9.89 Å². The minimum atomic E-state index is 0.215. The predicted octanol–water partition coefficient (Wildman–Crippen LogP) is 2.46. The van der Waals surface area contributed by atoms with Crippen LogP contribution in [0, 0.1) is 0 Å². The lowest BCUT2D eigenvalue weighted by atomic mass is 9.84. The van der Waals surface area contributed by atoms with Crippen LogP contribution in [0.2, 0.25) is 0 Å². The Morgan fingerprint density at radius 3 is 2.58 bits per heavy atom. The number of piperidine rings is 2. The van der Waals surface area contributed by atoms with Crippen molar-refractivity contribution in [3.63, 3.8) is 0 Å². The molecule has 4 rings (SSSR count). The summed E-state index contributed by atoms with van der Waals surface area (Å²) in [6.07, 6.45) is 7.38. The van der Waals surface area contributed by atoms with Crippen molar-refractivity contribution in [3.8, 4) is 11.5 Å². The standard InChI is InChI=1S/C24H39N5O2/c1-3-25-23(26-12-9-20-7-8-21-22(17-20)31-19-30-21)27-18-24(10-15-28(2)16-11-24)29-13-5-4-6-14-29/h7-8,17H,3-6,9-16,18-19H2,1-2H3,(H2,25,26,27). The lowest BCUT2D eigenvalue weighted by Crippen LogP contribution is -2.58. The first-order valence-electron chi connectivity index (χ1n) is 12.0. The largest absolute Gasteiger partial charge is 0.454 e. The smallest absolute Gasteiger partial charge is 0.231 e. The van der Waals surface area contributed by atoms with Gasteiger partial charge in [-0.2, -0.15) is 0 Å². The number of hydrogen-bond acceptors (Lipinski definition) is 5. The molecule has 0 atom stereocenters. The van der Waals surface area contributed by atoms with Gasteiger partial charge in [-0.25, -0.2) is 0 Å². The summed E-state index contributed by atoms with van der Waals surface area (Å²) in [5.74, 6) is 2.62. The molecule has 0 bridgehead atoms. The van der Waals surface area contributed by atoms with Crippen molar-refractivity contribution in [2.75, 3.05) is 59.7 Å². The molecule has 1 aromatic carbocycles. The molecule has 3 aliphatic heterocycles. The second kappa shape index (κ2) is 10.6. The van der Waals surface area contributed by atoms with E-state index in [0.29, 0.717) is 6.79 Å². The van der Waals surface area contributed by atoms with E-state index in [1.54, 1.807) is 0 Å². The van der Waals surface area contributed by atoms with Crippen molar-refractivity contribution in [2.45, 2.75) is 51.0 Å². The monoisotopic (exact) mass is 429 g/mol. The van der Waals surface area contributed by atoms with Crippen LogP contribution in [-0.2, 0) is 6.42 Å². The molecule has 2 N–H and O–H groups in total. The molecule has 0 amide bonds. The van der Waals surface area contributed by atoms with Crippen LogP contribution >= 0.6 is 0 Å². The fourth-order valence-corrected chi connectivity index (χ4v) is 4.97. The van der Waals surface area contributed by atoms with Gasteiger partial charge in [-0.1, -0.05) is 12.5 Å². The number of hydrogen-bond donors (Lipinski definition) is 2. The van der Waals surface area contributed by atoms with Crippen molar-refractivity contribution < 1.29 is 9.47 Å². The highest BCUT2D eigenvalue weighted by Gasteiger charge is 2.39. The molecule has 2 saturated heterocycles. The van der Waals surface area contributed by atoms with Crippen LogP contribution in [0.4, 0.5) is 0 Å². The number of nitrogens with zero attached hydrogens (tertiary/aromatic N) is 3. The Balaban J connectivity index is 1.37. The zero-order valence-electron chi connectivity index (χ0n) is 19.3. The molecule has 0 radical (unpaired) electrons. The molecule has 31 heavy (non-hydrogen) atoms. The van der Waals surface area contributed by atoms with Crippen molar-refractivity contribution in [1.29, 1.82) is 0 Å². The van der Waals surface area contributed by atoms with Gasteiger partial charge in [0, 0.05) is 18.6 Å². The molecule has 0 saturated carbocycles. The molecular weight excluding hydrogens is 390 g/mol. The molecule has 2 fully saturated rings. The van der Waals surface area contributed by atoms with E-state index in [4.69, 9.17) is 14.5 Å². The Labute approximate surface area is 187 Å². The number of benzene rings is 1. The number of aliphatic imine (C=N–C) groups is 1. The average molecular weight is 430 g/mol. The molecule has 0 aromatic heterocycles. The fraction of sp³-hybridized carbons (Fsp3) is 0.708. The molecule has 172 valence electrons. The summed E-state index contributed by atoms with van der Waals surface area (Å²) < 4.78 is 10.9. The zero-order valence-corrected chi connectivity index (χ0v) is 19.3. The van der Waals surface area contributed by atoms with E-state index >= 15 is 0 Å². The van der Waals surface area contributed by atoms with Crippen LogP contribution in [0.3, 0.4) is 0 Å². The molecular formula is C24H39N5O2. The predicted molar refractivity (Wildman–Crippen MR) is 125 cm³/mol. The Bertz CT molecular complexity index is 739. The van der Waals surface area contributed by atoms with E-state index in [2.05, 4.69) is 46.5 Å². The SMILES string of the molecule is CCNC(=NCC1(N2CCCCC2)CCN(C)CC1)NCCc1ccc2c(c1)OCO2. The van der Waals surface area contributed by atoms with Crippen molar-refractivity contribution in [1.82, 2.24) is 20.4 Å². The summed E-state index contributed by atoms with van der Waals surface area (Å²) in [7, 11) is 2.24.